The summed E-state index contributed by atoms with van der Waals surface area (Å²) < 4.78 is 4.90. The summed E-state index contributed by atoms with van der Waals surface area (Å²) in [7, 11) is 0. The fourth-order valence-electron chi connectivity index (χ4n) is 1.67. The van der Waals surface area contributed by atoms with Crippen LogP contribution in [0.3, 0.4) is 0 Å². The summed E-state index contributed by atoms with van der Waals surface area (Å²) in [6.07, 6.45) is 0. The van der Waals surface area contributed by atoms with Crippen molar-refractivity contribution in [2.45, 2.75) is 13.8 Å². The van der Waals surface area contributed by atoms with Crippen LogP contribution in [-0.4, -0.2) is 23.3 Å². The highest BCUT2D eigenvalue weighted by atomic mass is 16.5. The van der Waals surface area contributed by atoms with E-state index in [1.807, 2.05) is 0 Å². The normalized spacial score (nSPS) is 10.5. The minimum atomic E-state index is -0.381. The highest BCUT2D eigenvalue weighted by molar-refractivity contribution is 6.00. The van der Waals surface area contributed by atoms with Gasteiger partial charge in [-0.1, -0.05) is 0 Å². The van der Waals surface area contributed by atoms with Crippen LogP contribution in [0.5, 0.6) is 0 Å². The van der Waals surface area contributed by atoms with Gasteiger partial charge in [0.05, 0.1) is 6.61 Å². The van der Waals surface area contributed by atoms with Crippen molar-refractivity contribution in [3.8, 4) is 0 Å². The van der Waals surface area contributed by atoms with Gasteiger partial charge >= 0.3 is 5.97 Å². The molecule has 17 heavy (non-hydrogen) atoms. The predicted molar refractivity (Wildman–Crippen MR) is 64.3 cm³/mol. The lowest BCUT2D eigenvalue weighted by atomic mass is 10.1. The number of aromatic amines is 1. The first kappa shape index (κ1) is 11.4. The molecule has 4 heteroatoms. The molecule has 1 aromatic carbocycles. The van der Waals surface area contributed by atoms with Crippen LogP contribution in [0.25, 0.3) is 10.9 Å². The van der Waals surface area contributed by atoms with Gasteiger partial charge in [-0.2, -0.15) is 0 Å². The molecule has 0 bridgehead atoms. The molecule has 2 rings (SSSR count). The third-order valence-electron chi connectivity index (χ3n) is 2.52. The largest absolute Gasteiger partial charge is 0.461 e. The number of ether oxygens (including phenoxy) is 1. The number of esters is 1. The SMILES string of the molecule is CCOC(=O)c1cc2cc(C(C)=O)ccc2[nH]1. The maximum Gasteiger partial charge on any atom is 0.354 e. The van der Waals surface area contributed by atoms with Crippen LogP contribution in [-0.2, 0) is 4.74 Å². The van der Waals surface area contributed by atoms with Crippen molar-refractivity contribution in [3.05, 3.63) is 35.5 Å². The van der Waals surface area contributed by atoms with E-state index in [-0.39, 0.29) is 11.8 Å². The number of carbonyl (C=O) groups is 2. The Bertz CT molecular complexity index is 583. The fourth-order valence-corrected chi connectivity index (χ4v) is 1.67. The van der Waals surface area contributed by atoms with Gasteiger partial charge in [-0.15, -0.1) is 0 Å². The van der Waals surface area contributed by atoms with Crippen LogP contribution in [0.15, 0.2) is 24.3 Å². The minimum Gasteiger partial charge on any atom is -0.461 e. The molecule has 0 fully saturated rings. The molecule has 1 N–H and O–H groups in total. The van der Waals surface area contributed by atoms with E-state index < -0.39 is 0 Å². The van der Waals surface area contributed by atoms with Crippen LogP contribution in [0.2, 0.25) is 0 Å². The minimum absolute atomic E-state index is 0.00536. The second-order valence-electron chi connectivity index (χ2n) is 3.76. The molecule has 0 aliphatic carbocycles. The maximum absolute atomic E-state index is 11.5. The smallest absolute Gasteiger partial charge is 0.354 e. The van der Waals surface area contributed by atoms with Gasteiger partial charge in [-0.3, -0.25) is 4.79 Å². The number of hydrogen-bond donors (Lipinski definition) is 1. The number of Topliss-reactive ketones (excluding diaryl/α,β-unsaturated/α-hetero) is 1. The summed E-state index contributed by atoms with van der Waals surface area (Å²) in [5.74, 6) is -0.376. The molecule has 0 spiro atoms. The molecule has 0 aliphatic rings. The number of fused-ring (bicyclic) bond motifs is 1. The van der Waals surface area contributed by atoms with Crippen molar-refractivity contribution < 1.29 is 14.3 Å². The lowest BCUT2D eigenvalue weighted by molar-refractivity contribution is 0.0520. The number of nitrogens with one attached hydrogen (secondary N) is 1. The van der Waals surface area contributed by atoms with E-state index in [9.17, 15) is 9.59 Å². The first-order valence-electron chi connectivity index (χ1n) is 5.42. The molecule has 88 valence electrons. The fraction of sp³-hybridized carbons (Fsp3) is 0.231. The van der Waals surface area contributed by atoms with Crippen molar-refractivity contribution >= 4 is 22.7 Å². The van der Waals surface area contributed by atoms with E-state index in [1.54, 1.807) is 31.2 Å². The molecule has 0 atom stereocenters. The molecule has 0 saturated heterocycles. The van der Waals surface area contributed by atoms with Crippen molar-refractivity contribution in [3.63, 3.8) is 0 Å². The maximum atomic E-state index is 11.5. The number of H-pyrrole nitrogens is 1. The van der Waals surface area contributed by atoms with Crippen molar-refractivity contribution in [1.29, 1.82) is 0 Å². The van der Waals surface area contributed by atoms with Gasteiger partial charge in [0.25, 0.3) is 0 Å². The number of ketones is 1. The summed E-state index contributed by atoms with van der Waals surface area (Å²) in [5.41, 5.74) is 1.85. The first-order valence-corrected chi connectivity index (χ1v) is 5.42. The van der Waals surface area contributed by atoms with Gasteiger partial charge in [-0.25, -0.2) is 4.79 Å². The molecule has 0 aliphatic heterocycles. The zero-order valence-electron chi connectivity index (χ0n) is 9.74. The third-order valence-corrected chi connectivity index (χ3v) is 2.52. The molecule has 0 amide bonds. The lowest BCUT2D eigenvalue weighted by Crippen LogP contribution is -2.04. The van der Waals surface area contributed by atoms with Crippen LogP contribution >= 0.6 is 0 Å². The zero-order chi connectivity index (χ0) is 12.4. The Kier molecular flexibility index (Phi) is 2.95. The molecule has 2 aromatic rings. The van der Waals surface area contributed by atoms with Gasteiger partial charge in [-0.05, 0) is 38.1 Å². The second-order valence-corrected chi connectivity index (χ2v) is 3.76. The first-order chi connectivity index (χ1) is 8.11. The Hall–Kier alpha value is -2.10. The van der Waals surface area contributed by atoms with E-state index >= 15 is 0 Å². The molecule has 1 aromatic heterocycles. The van der Waals surface area contributed by atoms with Crippen LogP contribution in [0.4, 0.5) is 0 Å². The van der Waals surface area contributed by atoms with E-state index in [0.29, 0.717) is 17.9 Å². The number of carbonyl (C=O) groups excluding carboxylic acids is 2. The van der Waals surface area contributed by atoms with E-state index in [1.165, 1.54) is 6.92 Å². The standard InChI is InChI=1S/C13H13NO3/c1-3-17-13(16)12-7-10-6-9(8(2)15)4-5-11(10)14-12/h4-7,14H,3H2,1-2H3. The van der Waals surface area contributed by atoms with Crippen LogP contribution in [0.1, 0.15) is 34.7 Å². The van der Waals surface area contributed by atoms with E-state index in [2.05, 4.69) is 4.98 Å². The van der Waals surface area contributed by atoms with Crippen LogP contribution < -0.4 is 0 Å². The van der Waals surface area contributed by atoms with Gasteiger partial charge in [0.1, 0.15) is 5.69 Å². The third kappa shape index (κ3) is 2.20. The van der Waals surface area contributed by atoms with Crippen molar-refractivity contribution in [2.75, 3.05) is 6.61 Å². The highest BCUT2D eigenvalue weighted by Gasteiger charge is 2.11. The van der Waals surface area contributed by atoms with E-state index in [0.717, 1.165) is 10.9 Å². The number of aromatic nitrogens is 1. The summed E-state index contributed by atoms with van der Waals surface area (Å²) >= 11 is 0. The molecule has 4 nitrogen and oxygen atoms in total. The Morgan fingerprint density at radius 1 is 1.29 bits per heavy atom. The lowest BCUT2D eigenvalue weighted by Gasteiger charge is -1.96. The molecular weight excluding hydrogens is 218 g/mol. The highest BCUT2D eigenvalue weighted by Crippen LogP contribution is 2.18. The monoisotopic (exact) mass is 231 g/mol. The van der Waals surface area contributed by atoms with Crippen molar-refractivity contribution in [1.82, 2.24) is 4.98 Å². The summed E-state index contributed by atoms with van der Waals surface area (Å²) in [4.78, 5) is 25.7. The summed E-state index contributed by atoms with van der Waals surface area (Å²) in [5, 5.41) is 0.834. The number of rotatable bonds is 3. The van der Waals surface area contributed by atoms with E-state index in [4.69, 9.17) is 4.74 Å². The summed E-state index contributed by atoms with van der Waals surface area (Å²) in [6.45, 7) is 3.61. The number of benzene rings is 1. The average molecular weight is 231 g/mol. The van der Waals surface area contributed by atoms with Gasteiger partial charge in [0.15, 0.2) is 5.78 Å². The molecule has 0 saturated carbocycles. The Morgan fingerprint density at radius 3 is 2.71 bits per heavy atom. The van der Waals surface area contributed by atoms with Crippen LogP contribution in [0, 0.1) is 0 Å². The predicted octanol–water partition coefficient (Wildman–Crippen LogP) is 2.55. The van der Waals surface area contributed by atoms with Gasteiger partial charge in [0.2, 0.25) is 0 Å². The molecule has 1 heterocycles. The molecule has 0 unspecified atom stereocenters. The Labute approximate surface area is 98.6 Å². The Morgan fingerprint density at radius 2 is 2.06 bits per heavy atom. The molecule has 0 radical (unpaired) electrons. The van der Waals surface area contributed by atoms with Crippen molar-refractivity contribution in [2.24, 2.45) is 0 Å². The topological polar surface area (TPSA) is 59.2 Å². The second kappa shape index (κ2) is 4.41. The van der Waals surface area contributed by atoms with Gasteiger partial charge in [0, 0.05) is 16.5 Å². The average Bonchev–Trinajstić information content (AvgIpc) is 2.71. The zero-order valence-corrected chi connectivity index (χ0v) is 9.74. The molecular formula is C13H13NO3. The quantitative estimate of drug-likeness (QED) is 0.652. The summed E-state index contributed by atoms with van der Waals surface area (Å²) in [6, 6.07) is 6.97. The number of hydrogen-bond acceptors (Lipinski definition) is 3. The Balaban J connectivity index is 2.43. The van der Waals surface area contributed by atoms with Gasteiger partial charge < -0.3 is 9.72 Å².